The highest BCUT2D eigenvalue weighted by atomic mass is 32.1. The molecular formula is C16H23N3OS. The molecule has 0 aliphatic carbocycles. The Hall–Kier alpha value is -1.75. The average molecular weight is 305 g/mol. The van der Waals surface area contributed by atoms with E-state index in [0.29, 0.717) is 12.2 Å². The lowest BCUT2D eigenvalue weighted by molar-refractivity contribution is 0.100. The summed E-state index contributed by atoms with van der Waals surface area (Å²) in [6.07, 6.45) is 0. The highest BCUT2D eigenvalue weighted by molar-refractivity contribution is 7.71. The van der Waals surface area contributed by atoms with Crippen LogP contribution in [0, 0.1) is 18.5 Å². The maximum atomic E-state index is 11.7. The van der Waals surface area contributed by atoms with Crippen molar-refractivity contribution in [1.29, 1.82) is 0 Å². The second-order valence-electron chi connectivity index (χ2n) is 5.01. The maximum Gasteiger partial charge on any atom is 0.177 e. The normalized spacial score (nSPS) is 10.3. The Morgan fingerprint density at radius 1 is 1.29 bits per heavy atom. The Morgan fingerprint density at radius 3 is 2.38 bits per heavy atom. The Morgan fingerprint density at radius 2 is 1.90 bits per heavy atom. The lowest BCUT2D eigenvalue weighted by Gasteiger charge is -2.12. The van der Waals surface area contributed by atoms with E-state index in [1.54, 1.807) is 11.6 Å². The van der Waals surface area contributed by atoms with Gasteiger partial charge < -0.3 is 4.57 Å². The zero-order valence-corrected chi connectivity index (χ0v) is 13.3. The predicted octanol–water partition coefficient (Wildman–Crippen LogP) is 4.09. The first-order valence-corrected chi connectivity index (χ1v) is 7.04. The summed E-state index contributed by atoms with van der Waals surface area (Å²) in [6, 6.07) is 3.91. The average Bonchev–Trinajstić information content (AvgIpc) is 2.80. The molecule has 0 atom stereocenters. The highest BCUT2D eigenvalue weighted by Crippen LogP contribution is 2.24. The summed E-state index contributed by atoms with van der Waals surface area (Å²) in [7, 11) is 1.94. The van der Waals surface area contributed by atoms with E-state index in [2.05, 4.69) is 11.2 Å². The van der Waals surface area contributed by atoms with Crippen molar-refractivity contribution < 1.29 is 4.79 Å². The van der Waals surface area contributed by atoms with Crippen LogP contribution in [-0.2, 0) is 13.6 Å². The summed E-state index contributed by atoms with van der Waals surface area (Å²) in [5, 5.41) is 4.54. The molecule has 21 heavy (non-hydrogen) atoms. The highest BCUT2D eigenvalue weighted by Gasteiger charge is 2.16. The summed E-state index contributed by atoms with van der Waals surface area (Å²) >= 11 is 5.42. The Balaban J connectivity index is 0.00000220. The number of carbonyl (C=O) groups is 1. The largest absolute Gasteiger partial charge is 0.333 e. The van der Waals surface area contributed by atoms with E-state index in [1.165, 1.54) is 0 Å². The summed E-state index contributed by atoms with van der Waals surface area (Å²) in [6.45, 7) is 8.25. The molecule has 0 N–H and O–H groups in total. The third kappa shape index (κ3) is 2.97. The van der Waals surface area contributed by atoms with Gasteiger partial charge in [0, 0.05) is 20.5 Å². The second-order valence-corrected chi connectivity index (χ2v) is 5.40. The fourth-order valence-corrected chi connectivity index (χ4v) is 2.67. The van der Waals surface area contributed by atoms with E-state index < -0.39 is 0 Å². The topological polar surface area (TPSA) is 39.8 Å². The lowest BCUT2D eigenvalue weighted by Crippen LogP contribution is -2.06. The zero-order chi connectivity index (χ0) is 15.0. The minimum absolute atomic E-state index is 0. The fourth-order valence-electron chi connectivity index (χ4n) is 2.52. The standard InChI is InChI=1S/C15H19N3OS.CH4/c1-6-18-13(11(4)19)8-12(16-18)14-9(2)7-10(3)15(20)17(14)5;/h7-8H,6H2,1-5H3;1H4. The van der Waals surface area contributed by atoms with Crippen molar-refractivity contribution in [2.45, 2.75) is 41.7 Å². The Labute approximate surface area is 131 Å². The molecular weight excluding hydrogens is 282 g/mol. The van der Waals surface area contributed by atoms with Crippen LogP contribution in [0.25, 0.3) is 11.4 Å². The molecule has 0 radical (unpaired) electrons. The van der Waals surface area contributed by atoms with Crippen LogP contribution in [-0.4, -0.2) is 20.1 Å². The number of hydrogen-bond acceptors (Lipinski definition) is 3. The van der Waals surface area contributed by atoms with Crippen molar-refractivity contribution in [3.63, 3.8) is 0 Å². The number of carbonyl (C=O) groups excluding carboxylic acids is 1. The van der Waals surface area contributed by atoms with Gasteiger partial charge in [0.05, 0.1) is 5.69 Å². The predicted molar refractivity (Wildman–Crippen MR) is 89.4 cm³/mol. The van der Waals surface area contributed by atoms with Gasteiger partial charge in [-0.2, -0.15) is 5.10 Å². The molecule has 5 heteroatoms. The van der Waals surface area contributed by atoms with E-state index in [0.717, 1.165) is 27.2 Å². The molecule has 114 valence electrons. The van der Waals surface area contributed by atoms with Gasteiger partial charge in [0.1, 0.15) is 16.0 Å². The SMILES string of the molecule is C.CCn1nc(-c2c(C)cc(C)c(=S)n2C)cc1C(C)=O. The van der Waals surface area contributed by atoms with Gasteiger partial charge in [-0.3, -0.25) is 9.48 Å². The Kier molecular flexibility index (Phi) is 5.23. The first-order chi connectivity index (χ1) is 9.36. The number of aryl methyl sites for hydroxylation is 3. The first kappa shape index (κ1) is 17.3. The molecule has 0 unspecified atom stereocenters. The molecule has 2 aromatic heterocycles. The molecule has 2 heterocycles. The molecule has 0 saturated heterocycles. The van der Waals surface area contributed by atoms with Crippen LogP contribution in [0.3, 0.4) is 0 Å². The summed E-state index contributed by atoms with van der Waals surface area (Å²) in [5.41, 5.74) is 4.58. The number of nitrogens with zero attached hydrogens (tertiary/aromatic N) is 3. The van der Waals surface area contributed by atoms with Crippen molar-refractivity contribution in [2.75, 3.05) is 0 Å². The third-order valence-corrected chi connectivity index (χ3v) is 4.06. The van der Waals surface area contributed by atoms with Gasteiger partial charge in [0.25, 0.3) is 0 Å². The molecule has 0 saturated carbocycles. The van der Waals surface area contributed by atoms with Crippen molar-refractivity contribution in [3.8, 4) is 11.4 Å². The van der Waals surface area contributed by atoms with E-state index in [4.69, 9.17) is 12.2 Å². The van der Waals surface area contributed by atoms with Crippen LogP contribution in [0.4, 0.5) is 0 Å². The van der Waals surface area contributed by atoms with E-state index >= 15 is 0 Å². The molecule has 0 aliphatic heterocycles. The van der Waals surface area contributed by atoms with Crippen LogP contribution in [0.2, 0.25) is 0 Å². The number of aromatic nitrogens is 3. The molecule has 0 aliphatic rings. The van der Waals surface area contributed by atoms with Gasteiger partial charge in [-0.25, -0.2) is 0 Å². The summed E-state index contributed by atoms with van der Waals surface area (Å²) in [5.74, 6) is 0.0246. The van der Waals surface area contributed by atoms with Crippen molar-refractivity contribution in [2.24, 2.45) is 7.05 Å². The quantitative estimate of drug-likeness (QED) is 0.633. The molecule has 2 aromatic rings. The second kappa shape index (κ2) is 6.35. The fraction of sp³-hybridized carbons (Fsp3) is 0.438. The molecule has 4 nitrogen and oxygen atoms in total. The molecule has 0 amide bonds. The van der Waals surface area contributed by atoms with Crippen LogP contribution in [0.1, 0.15) is 42.9 Å². The molecule has 2 rings (SSSR count). The molecule has 0 fully saturated rings. The van der Waals surface area contributed by atoms with Crippen LogP contribution < -0.4 is 0 Å². The number of pyridine rings is 1. The van der Waals surface area contributed by atoms with Crippen molar-refractivity contribution >= 4 is 18.0 Å². The van der Waals surface area contributed by atoms with Crippen LogP contribution in [0.5, 0.6) is 0 Å². The maximum absolute atomic E-state index is 11.7. The number of hydrogen-bond donors (Lipinski definition) is 0. The van der Waals surface area contributed by atoms with Gasteiger partial charge in [-0.15, -0.1) is 0 Å². The third-order valence-electron chi connectivity index (χ3n) is 3.47. The van der Waals surface area contributed by atoms with Crippen molar-refractivity contribution in [1.82, 2.24) is 14.3 Å². The molecule has 0 aromatic carbocycles. The minimum atomic E-state index is 0. The lowest BCUT2D eigenvalue weighted by atomic mass is 10.1. The van der Waals surface area contributed by atoms with Gasteiger partial charge in [-0.1, -0.05) is 25.7 Å². The summed E-state index contributed by atoms with van der Waals surface area (Å²) in [4.78, 5) is 11.7. The van der Waals surface area contributed by atoms with E-state index in [9.17, 15) is 4.79 Å². The Bertz CT molecular complexity index is 741. The monoisotopic (exact) mass is 305 g/mol. The van der Waals surface area contributed by atoms with Crippen LogP contribution in [0.15, 0.2) is 12.1 Å². The van der Waals surface area contributed by atoms with Gasteiger partial charge in [0.15, 0.2) is 5.78 Å². The van der Waals surface area contributed by atoms with Crippen molar-refractivity contribution in [3.05, 3.63) is 33.6 Å². The van der Waals surface area contributed by atoms with Gasteiger partial charge in [0.2, 0.25) is 0 Å². The molecule has 0 bridgehead atoms. The van der Waals surface area contributed by atoms with Gasteiger partial charge in [-0.05, 0) is 38.0 Å². The molecule has 0 spiro atoms. The smallest absolute Gasteiger partial charge is 0.177 e. The zero-order valence-electron chi connectivity index (χ0n) is 12.5. The number of rotatable bonds is 3. The van der Waals surface area contributed by atoms with E-state index in [-0.39, 0.29) is 13.2 Å². The number of ketones is 1. The van der Waals surface area contributed by atoms with Gasteiger partial charge >= 0.3 is 0 Å². The minimum Gasteiger partial charge on any atom is -0.333 e. The summed E-state index contributed by atoms with van der Waals surface area (Å²) < 4.78 is 4.49. The van der Waals surface area contributed by atoms with Crippen LogP contribution >= 0.6 is 12.2 Å². The first-order valence-electron chi connectivity index (χ1n) is 6.63. The number of Topliss-reactive ketones (excluding diaryl/α,β-unsaturated/α-hetero) is 1. The van der Waals surface area contributed by atoms with E-state index in [1.807, 2.05) is 38.5 Å².